The van der Waals surface area contributed by atoms with Gasteiger partial charge in [-0.05, 0) is 47.1 Å². The van der Waals surface area contributed by atoms with Crippen LogP contribution in [-0.2, 0) is 0 Å². The van der Waals surface area contributed by atoms with Gasteiger partial charge in [0, 0.05) is 16.2 Å². The zero-order chi connectivity index (χ0) is 13.1. The maximum atomic E-state index is 9.01. The molecule has 2 N–H and O–H groups in total. The minimum absolute atomic E-state index is 0.386. The maximum absolute atomic E-state index is 9.01. The molecule has 0 amide bonds. The summed E-state index contributed by atoms with van der Waals surface area (Å²) < 4.78 is 6.49. The number of aromatic nitrogens is 1. The van der Waals surface area contributed by atoms with Gasteiger partial charge < -0.3 is 10.5 Å². The van der Waals surface area contributed by atoms with Crippen LogP contribution in [0.2, 0.25) is 0 Å². The largest absolute Gasteiger partial charge is 0.438 e. The number of pyridine rings is 1. The molecule has 0 radical (unpaired) electrons. The summed E-state index contributed by atoms with van der Waals surface area (Å²) in [4.78, 5) is 4.26. The van der Waals surface area contributed by atoms with Crippen LogP contribution in [0.15, 0.2) is 34.8 Å². The molecule has 0 fully saturated rings. The first kappa shape index (κ1) is 12.4. The van der Waals surface area contributed by atoms with E-state index in [9.17, 15) is 0 Å². The highest BCUT2D eigenvalue weighted by molar-refractivity contribution is 9.10. The van der Waals surface area contributed by atoms with Crippen LogP contribution in [0.1, 0.15) is 11.3 Å². The number of anilines is 1. The number of nitrogens with zero attached hydrogens (tertiary/aromatic N) is 2. The molecule has 18 heavy (non-hydrogen) atoms. The number of hydrogen-bond acceptors (Lipinski definition) is 4. The first-order valence-corrected chi connectivity index (χ1v) is 6.00. The maximum Gasteiger partial charge on any atom is 0.219 e. The highest BCUT2D eigenvalue weighted by Crippen LogP contribution is 2.27. The Hall–Kier alpha value is -2.06. The summed E-state index contributed by atoms with van der Waals surface area (Å²) in [5, 5.41) is 9.01. The van der Waals surface area contributed by atoms with Crippen molar-refractivity contribution in [1.29, 1.82) is 5.26 Å². The summed E-state index contributed by atoms with van der Waals surface area (Å²) in [6, 6.07) is 10.5. The number of nitrogen functional groups attached to an aromatic ring is 1. The molecule has 90 valence electrons. The van der Waals surface area contributed by atoms with Crippen molar-refractivity contribution >= 4 is 21.6 Å². The average molecular weight is 304 g/mol. The van der Waals surface area contributed by atoms with Gasteiger partial charge >= 0.3 is 0 Å². The van der Waals surface area contributed by atoms with Crippen molar-refractivity contribution in [3.8, 4) is 17.7 Å². The van der Waals surface area contributed by atoms with Crippen LogP contribution >= 0.6 is 15.9 Å². The summed E-state index contributed by atoms with van der Waals surface area (Å²) in [6.45, 7) is 1.87. The summed E-state index contributed by atoms with van der Waals surface area (Å²) in [7, 11) is 0. The number of nitrogens with two attached hydrogens (primary N) is 1. The van der Waals surface area contributed by atoms with Crippen molar-refractivity contribution in [3.05, 3.63) is 46.1 Å². The van der Waals surface area contributed by atoms with Crippen molar-refractivity contribution < 1.29 is 4.74 Å². The standard InChI is InChI=1S/C13H10BrN3O/c1-8-11(14)3-5-13(17-8)18-12-4-2-10(16)6-9(12)7-15/h2-6H,16H2,1H3. The van der Waals surface area contributed by atoms with Crippen molar-refractivity contribution in [3.63, 3.8) is 0 Å². The van der Waals surface area contributed by atoms with Gasteiger partial charge in [0.05, 0.1) is 11.3 Å². The fourth-order valence-corrected chi connectivity index (χ4v) is 1.64. The van der Waals surface area contributed by atoms with Gasteiger partial charge in [0.25, 0.3) is 0 Å². The van der Waals surface area contributed by atoms with E-state index in [2.05, 4.69) is 20.9 Å². The molecule has 0 spiro atoms. The number of ether oxygens (including phenoxy) is 1. The van der Waals surface area contributed by atoms with Gasteiger partial charge in [0.15, 0.2) is 0 Å². The zero-order valence-electron chi connectivity index (χ0n) is 9.64. The second-order valence-electron chi connectivity index (χ2n) is 3.69. The third-order valence-electron chi connectivity index (χ3n) is 2.33. The fourth-order valence-electron chi connectivity index (χ4n) is 1.41. The Kier molecular flexibility index (Phi) is 3.49. The van der Waals surface area contributed by atoms with E-state index in [0.717, 1.165) is 10.2 Å². The molecule has 0 bridgehead atoms. The smallest absolute Gasteiger partial charge is 0.219 e. The molecule has 1 heterocycles. The summed E-state index contributed by atoms with van der Waals surface area (Å²) >= 11 is 3.37. The lowest BCUT2D eigenvalue weighted by molar-refractivity contribution is 0.460. The van der Waals surface area contributed by atoms with E-state index in [0.29, 0.717) is 22.9 Å². The lowest BCUT2D eigenvalue weighted by Gasteiger charge is -2.08. The van der Waals surface area contributed by atoms with Gasteiger partial charge in [0.1, 0.15) is 11.8 Å². The van der Waals surface area contributed by atoms with Gasteiger partial charge in [-0.25, -0.2) is 4.98 Å². The monoisotopic (exact) mass is 303 g/mol. The molecule has 2 rings (SSSR count). The molecule has 0 unspecified atom stereocenters. The van der Waals surface area contributed by atoms with Crippen LogP contribution in [0.3, 0.4) is 0 Å². The van der Waals surface area contributed by atoms with E-state index in [1.807, 2.05) is 19.1 Å². The molecule has 0 aliphatic carbocycles. The van der Waals surface area contributed by atoms with Gasteiger partial charge in [-0.2, -0.15) is 5.26 Å². The quantitative estimate of drug-likeness (QED) is 0.863. The van der Waals surface area contributed by atoms with Crippen LogP contribution < -0.4 is 10.5 Å². The number of rotatable bonds is 2. The second kappa shape index (κ2) is 5.07. The van der Waals surface area contributed by atoms with Crippen molar-refractivity contribution in [2.45, 2.75) is 6.92 Å². The number of benzene rings is 1. The Morgan fingerprint density at radius 1 is 1.33 bits per heavy atom. The molecule has 0 aliphatic heterocycles. The summed E-state index contributed by atoms with van der Waals surface area (Å²) in [6.07, 6.45) is 0. The third kappa shape index (κ3) is 2.60. The molecule has 5 heteroatoms. The van der Waals surface area contributed by atoms with Gasteiger partial charge in [-0.15, -0.1) is 0 Å². The number of halogens is 1. The average Bonchev–Trinajstić information content (AvgIpc) is 2.36. The third-order valence-corrected chi connectivity index (χ3v) is 3.17. The van der Waals surface area contributed by atoms with Crippen molar-refractivity contribution in [1.82, 2.24) is 4.98 Å². The van der Waals surface area contributed by atoms with Gasteiger partial charge in [-0.1, -0.05) is 0 Å². The van der Waals surface area contributed by atoms with E-state index >= 15 is 0 Å². The van der Waals surface area contributed by atoms with E-state index in [1.165, 1.54) is 0 Å². The summed E-state index contributed by atoms with van der Waals surface area (Å²) in [5.41, 5.74) is 7.35. The SMILES string of the molecule is Cc1nc(Oc2ccc(N)cc2C#N)ccc1Br. The first-order valence-electron chi connectivity index (χ1n) is 5.21. The highest BCUT2D eigenvalue weighted by atomic mass is 79.9. The number of aryl methyl sites for hydroxylation is 1. The van der Waals surface area contributed by atoms with E-state index in [-0.39, 0.29) is 0 Å². The van der Waals surface area contributed by atoms with Crippen molar-refractivity contribution in [2.24, 2.45) is 0 Å². The lowest BCUT2D eigenvalue weighted by atomic mass is 10.2. The predicted octanol–water partition coefficient (Wildman–Crippen LogP) is 3.40. The molecule has 0 saturated heterocycles. The van der Waals surface area contributed by atoms with Crippen LogP contribution in [0.4, 0.5) is 5.69 Å². The lowest BCUT2D eigenvalue weighted by Crippen LogP contribution is -1.94. The minimum atomic E-state index is 0.386. The number of hydrogen-bond donors (Lipinski definition) is 1. The zero-order valence-corrected chi connectivity index (χ0v) is 11.2. The molecule has 4 nitrogen and oxygen atoms in total. The van der Waals surface area contributed by atoms with Crippen molar-refractivity contribution in [2.75, 3.05) is 5.73 Å². The van der Waals surface area contributed by atoms with Gasteiger partial charge in [0.2, 0.25) is 5.88 Å². The molecule has 0 atom stereocenters. The van der Waals surface area contributed by atoms with Crippen LogP contribution in [0.25, 0.3) is 0 Å². The molecule has 0 aliphatic rings. The highest BCUT2D eigenvalue weighted by Gasteiger charge is 2.07. The Labute approximate surface area is 113 Å². The van der Waals surface area contributed by atoms with Crippen LogP contribution in [0.5, 0.6) is 11.6 Å². The topological polar surface area (TPSA) is 71.9 Å². The number of nitriles is 1. The van der Waals surface area contributed by atoms with Crippen LogP contribution in [0, 0.1) is 18.3 Å². The normalized spacial score (nSPS) is 9.83. The summed E-state index contributed by atoms with van der Waals surface area (Å²) in [5.74, 6) is 0.887. The minimum Gasteiger partial charge on any atom is -0.438 e. The Morgan fingerprint density at radius 3 is 2.78 bits per heavy atom. The van der Waals surface area contributed by atoms with E-state index in [1.54, 1.807) is 24.3 Å². The molecular formula is C13H10BrN3O. The van der Waals surface area contributed by atoms with E-state index in [4.69, 9.17) is 15.7 Å². The predicted molar refractivity (Wildman–Crippen MR) is 72.3 cm³/mol. The molecule has 1 aromatic carbocycles. The Bertz CT molecular complexity index is 635. The van der Waals surface area contributed by atoms with E-state index < -0.39 is 0 Å². The van der Waals surface area contributed by atoms with Gasteiger partial charge in [-0.3, -0.25) is 0 Å². The molecule has 1 aromatic heterocycles. The Balaban J connectivity index is 2.34. The fraction of sp³-hybridized carbons (Fsp3) is 0.0769. The molecule has 2 aromatic rings. The first-order chi connectivity index (χ1) is 8.60. The molecular weight excluding hydrogens is 294 g/mol. The second-order valence-corrected chi connectivity index (χ2v) is 4.54. The Morgan fingerprint density at radius 2 is 2.11 bits per heavy atom. The van der Waals surface area contributed by atoms with Crippen LogP contribution in [-0.4, -0.2) is 4.98 Å². The molecule has 0 saturated carbocycles.